The van der Waals surface area contributed by atoms with E-state index in [1.54, 1.807) is 0 Å². The first-order valence-electron chi connectivity index (χ1n) is 4.06. The van der Waals surface area contributed by atoms with Gasteiger partial charge in [-0.1, -0.05) is 12.2 Å². The van der Waals surface area contributed by atoms with Gasteiger partial charge in [0.25, 0.3) is 0 Å². The van der Waals surface area contributed by atoms with Crippen LogP contribution in [0.5, 0.6) is 0 Å². The van der Waals surface area contributed by atoms with Crippen molar-refractivity contribution in [2.75, 3.05) is 13.2 Å². The van der Waals surface area contributed by atoms with Crippen molar-refractivity contribution < 1.29 is 14.3 Å². The first-order valence-corrected chi connectivity index (χ1v) is 4.06. The zero-order valence-corrected chi connectivity index (χ0v) is 6.66. The summed E-state index contributed by atoms with van der Waals surface area (Å²) >= 11 is 0. The Labute approximate surface area is 70.5 Å². The fraction of sp³-hybridized carbons (Fsp3) is 0.625. The highest BCUT2D eigenvalue weighted by Crippen LogP contribution is 2.13. The lowest BCUT2D eigenvalue weighted by Crippen LogP contribution is -2.40. The van der Waals surface area contributed by atoms with Crippen LogP contribution in [-0.4, -0.2) is 31.5 Å². The molecule has 0 radical (unpaired) electrons. The second-order valence-corrected chi connectivity index (χ2v) is 2.93. The fourth-order valence-electron chi connectivity index (χ4n) is 1.43. The number of ether oxygens (including phenoxy) is 2. The molecule has 1 fully saturated rings. The third-order valence-corrected chi connectivity index (χ3v) is 2.09. The summed E-state index contributed by atoms with van der Waals surface area (Å²) in [6, 6.07) is 0.0300. The molecule has 66 valence electrons. The van der Waals surface area contributed by atoms with E-state index in [1.807, 2.05) is 6.08 Å². The number of carbonyl (C=O) groups excluding carboxylic acids is 1. The molecule has 1 saturated heterocycles. The van der Waals surface area contributed by atoms with Gasteiger partial charge >= 0.3 is 6.09 Å². The van der Waals surface area contributed by atoms with Gasteiger partial charge in [0.15, 0.2) is 0 Å². The van der Waals surface area contributed by atoms with Crippen molar-refractivity contribution in [3.63, 3.8) is 0 Å². The van der Waals surface area contributed by atoms with Crippen LogP contribution in [0.25, 0.3) is 0 Å². The predicted octanol–water partition coefficient (Wildman–Crippen LogP) is 0.440. The normalized spacial score (nSPS) is 34.5. The number of amides is 1. The molecule has 2 rings (SSSR count). The molecular weight excluding hydrogens is 158 g/mol. The van der Waals surface area contributed by atoms with Gasteiger partial charge in [0.2, 0.25) is 0 Å². The SMILES string of the molecule is O=C1N[C@@H]([C@H]2CC=CCO2)CO1. The van der Waals surface area contributed by atoms with E-state index in [-0.39, 0.29) is 18.2 Å². The van der Waals surface area contributed by atoms with Crippen LogP contribution in [-0.2, 0) is 9.47 Å². The van der Waals surface area contributed by atoms with E-state index in [2.05, 4.69) is 11.4 Å². The van der Waals surface area contributed by atoms with Gasteiger partial charge in [-0.05, 0) is 6.42 Å². The molecule has 0 aromatic heterocycles. The molecule has 0 aromatic rings. The summed E-state index contributed by atoms with van der Waals surface area (Å²) in [5, 5.41) is 2.70. The Morgan fingerprint density at radius 2 is 2.42 bits per heavy atom. The molecule has 0 aliphatic carbocycles. The van der Waals surface area contributed by atoms with Crippen molar-refractivity contribution in [1.29, 1.82) is 0 Å². The Balaban J connectivity index is 1.92. The van der Waals surface area contributed by atoms with Crippen LogP contribution in [0.4, 0.5) is 4.79 Å². The maximum Gasteiger partial charge on any atom is 0.407 e. The molecular formula is C8H11NO3. The maximum atomic E-state index is 10.7. The van der Waals surface area contributed by atoms with E-state index in [0.29, 0.717) is 13.2 Å². The monoisotopic (exact) mass is 169 g/mol. The van der Waals surface area contributed by atoms with Crippen molar-refractivity contribution in [2.24, 2.45) is 0 Å². The van der Waals surface area contributed by atoms with E-state index in [1.165, 1.54) is 0 Å². The summed E-state index contributed by atoms with van der Waals surface area (Å²) < 4.78 is 10.2. The minimum atomic E-state index is -0.335. The smallest absolute Gasteiger partial charge is 0.407 e. The quantitative estimate of drug-likeness (QED) is 0.579. The van der Waals surface area contributed by atoms with Crippen LogP contribution in [0, 0.1) is 0 Å². The zero-order chi connectivity index (χ0) is 8.39. The number of rotatable bonds is 1. The third-order valence-electron chi connectivity index (χ3n) is 2.09. The lowest BCUT2D eigenvalue weighted by atomic mass is 10.1. The van der Waals surface area contributed by atoms with Crippen molar-refractivity contribution >= 4 is 6.09 Å². The van der Waals surface area contributed by atoms with Gasteiger partial charge in [-0.2, -0.15) is 0 Å². The van der Waals surface area contributed by atoms with E-state index < -0.39 is 0 Å². The Kier molecular flexibility index (Phi) is 1.99. The van der Waals surface area contributed by atoms with Gasteiger partial charge in [-0.25, -0.2) is 4.79 Å². The first kappa shape index (κ1) is 7.61. The Morgan fingerprint density at radius 1 is 1.50 bits per heavy atom. The number of hydrogen-bond donors (Lipinski definition) is 1. The minimum absolute atomic E-state index is 0.0300. The highest BCUT2D eigenvalue weighted by Gasteiger charge is 2.30. The average Bonchev–Trinajstić information content (AvgIpc) is 2.54. The van der Waals surface area contributed by atoms with Crippen LogP contribution in [0.15, 0.2) is 12.2 Å². The van der Waals surface area contributed by atoms with E-state index in [4.69, 9.17) is 9.47 Å². The van der Waals surface area contributed by atoms with Crippen LogP contribution in [0.3, 0.4) is 0 Å². The first-order chi connectivity index (χ1) is 5.86. The standard InChI is InChI=1S/C8H11NO3/c10-8-9-6(5-12-8)7-3-1-2-4-11-7/h1-2,6-7H,3-5H2,(H,9,10)/t6-,7-/m1/s1. The third kappa shape index (κ3) is 1.43. The molecule has 4 heteroatoms. The van der Waals surface area contributed by atoms with E-state index >= 15 is 0 Å². The second-order valence-electron chi connectivity index (χ2n) is 2.93. The van der Waals surface area contributed by atoms with Crippen molar-refractivity contribution in [1.82, 2.24) is 5.32 Å². The molecule has 0 aromatic carbocycles. The molecule has 0 saturated carbocycles. The molecule has 2 heterocycles. The zero-order valence-electron chi connectivity index (χ0n) is 6.66. The molecule has 1 amide bonds. The highest BCUT2D eigenvalue weighted by atomic mass is 16.6. The van der Waals surface area contributed by atoms with Gasteiger partial charge in [-0.3, -0.25) is 0 Å². The molecule has 1 N–H and O–H groups in total. The second kappa shape index (κ2) is 3.15. The average molecular weight is 169 g/mol. The van der Waals surface area contributed by atoms with Crippen LogP contribution >= 0.6 is 0 Å². The molecule has 2 atom stereocenters. The van der Waals surface area contributed by atoms with Crippen molar-refractivity contribution in [2.45, 2.75) is 18.6 Å². The van der Waals surface area contributed by atoms with Gasteiger partial charge in [-0.15, -0.1) is 0 Å². The van der Waals surface area contributed by atoms with E-state index in [9.17, 15) is 4.79 Å². The summed E-state index contributed by atoms with van der Waals surface area (Å²) in [5.74, 6) is 0. The number of cyclic esters (lactones) is 1. The number of carbonyl (C=O) groups is 1. The molecule has 2 aliphatic heterocycles. The van der Waals surface area contributed by atoms with Gasteiger partial charge in [0, 0.05) is 0 Å². The van der Waals surface area contributed by atoms with E-state index in [0.717, 1.165) is 6.42 Å². The molecule has 2 aliphatic rings. The molecule has 12 heavy (non-hydrogen) atoms. The summed E-state index contributed by atoms with van der Waals surface area (Å²) in [7, 11) is 0. The molecule has 4 nitrogen and oxygen atoms in total. The topological polar surface area (TPSA) is 47.6 Å². The fourth-order valence-corrected chi connectivity index (χ4v) is 1.43. The van der Waals surface area contributed by atoms with Crippen LogP contribution in [0.2, 0.25) is 0 Å². The maximum absolute atomic E-state index is 10.7. The molecule has 0 bridgehead atoms. The predicted molar refractivity (Wildman–Crippen MR) is 41.8 cm³/mol. The Hall–Kier alpha value is -1.03. The van der Waals surface area contributed by atoms with Gasteiger partial charge in [0.05, 0.1) is 18.8 Å². The molecule has 0 unspecified atom stereocenters. The lowest BCUT2D eigenvalue weighted by Gasteiger charge is -2.22. The summed E-state index contributed by atoms with van der Waals surface area (Å²) in [6.07, 6.45) is 4.65. The van der Waals surface area contributed by atoms with Crippen LogP contribution in [0.1, 0.15) is 6.42 Å². The lowest BCUT2D eigenvalue weighted by molar-refractivity contribution is 0.0405. The Bertz CT molecular complexity index is 212. The van der Waals surface area contributed by atoms with Gasteiger partial charge in [0.1, 0.15) is 6.61 Å². The number of nitrogens with one attached hydrogen (secondary N) is 1. The Morgan fingerprint density at radius 3 is 3.00 bits per heavy atom. The van der Waals surface area contributed by atoms with Crippen LogP contribution < -0.4 is 5.32 Å². The van der Waals surface area contributed by atoms with Crippen molar-refractivity contribution in [3.05, 3.63) is 12.2 Å². The minimum Gasteiger partial charge on any atom is -0.447 e. The molecule has 0 spiro atoms. The summed E-state index contributed by atoms with van der Waals surface area (Å²) in [6.45, 7) is 1.06. The number of alkyl carbamates (subject to hydrolysis) is 1. The number of hydrogen-bond acceptors (Lipinski definition) is 3. The largest absolute Gasteiger partial charge is 0.447 e. The van der Waals surface area contributed by atoms with Crippen molar-refractivity contribution in [3.8, 4) is 0 Å². The van der Waals surface area contributed by atoms with Gasteiger partial charge < -0.3 is 14.8 Å². The highest BCUT2D eigenvalue weighted by molar-refractivity contribution is 5.69. The summed E-state index contributed by atoms with van der Waals surface area (Å²) in [4.78, 5) is 10.7. The summed E-state index contributed by atoms with van der Waals surface area (Å²) in [5.41, 5.74) is 0.